The van der Waals surface area contributed by atoms with Crippen LogP contribution < -0.4 is 0 Å². The van der Waals surface area contributed by atoms with Crippen LogP contribution in [-0.4, -0.2) is 22.3 Å². The van der Waals surface area contributed by atoms with Gasteiger partial charge in [0.05, 0.1) is 15.6 Å². The second-order valence-corrected chi connectivity index (χ2v) is 9.39. The predicted octanol–water partition coefficient (Wildman–Crippen LogP) is 3.55. The van der Waals surface area contributed by atoms with Gasteiger partial charge < -0.3 is 0 Å². The van der Waals surface area contributed by atoms with Gasteiger partial charge in [-0.15, -0.1) is 0 Å². The average molecular weight is 397 g/mol. The number of nitrogens with zero attached hydrogens (tertiary/aromatic N) is 1. The van der Waals surface area contributed by atoms with Crippen molar-refractivity contribution in [1.82, 2.24) is 0 Å². The SMILES string of the molecule is O=[N+]([O-])c1cc(S(=O)(=O)CC(Cl)(Cl)Br)ccc1Cl. The second kappa shape index (κ2) is 5.50. The molecule has 0 saturated heterocycles. The number of hydrogen-bond donors (Lipinski definition) is 0. The fourth-order valence-corrected chi connectivity index (χ4v) is 4.24. The van der Waals surface area contributed by atoms with Crippen LogP contribution in [0.3, 0.4) is 0 Å². The lowest BCUT2D eigenvalue weighted by atomic mass is 10.3. The quantitative estimate of drug-likeness (QED) is 0.442. The van der Waals surface area contributed by atoms with Crippen LogP contribution >= 0.6 is 50.7 Å². The third-order valence-corrected chi connectivity index (χ3v) is 5.17. The highest BCUT2D eigenvalue weighted by atomic mass is 79.9. The van der Waals surface area contributed by atoms with E-state index in [0.29, 0.717) is 0 Å². The number of hydrogen-bond acceptors (Lipinski definition) is 4. The van der Waals surface area contributed by atoms with Crippen molar-refractivity contribution >= 4 is 66.3 Å². The maximum atomic E-state index is 11.9. The molecule has 0 unspecified atom stereocenters. The molecule has 0 N–H and O–H groups in total. The Bertz CT molecular complexity index is 584. The lowest BCUT2D eigenvalue weighted by molar-refractivity contribution is -0.384. The Morgan fingerprint density at radius 2 is 1.94 bits per heavy atom. The Morgan fingerprint density at radius 3 is 2.39 bits per heavy atom. The molecule has 1 aromatic carbocycles. The number of nitro groups is 1. The van der Waals surface area contributed by atoms with Crippen LogP contribution in [-0.2, 0) is 9.84 Å². The van der Waals surface area contributed by atoms with Crippen molar-refractivity contribution in [3.05, 3.63) is 33.3 Å². The summed E-state index contributed by atoms with van der Waals surface area (Å²) in [5.74, 6) is -0.637. The van der Waals surface area contributed by atoms with Crippen LogP contribution in [0.5, 0.6) is 0 Å². The molecule has 0 saturated carbocycles. The fraction of sp³-hybridized carbons (Fsp3) is 0.250. The highest BCUT2D eigenvalue weighted by Gasteiger charge is 2.30. The maximum absolute atomic E-state index is 11.9. The molecule has 0 atom stereocenters. The molecular formula is C8H5BrCl3NO4S. The second-order valence-electron chi connectivity index (χ2n) is 3.24. The van der Waals surface area contributed by atoms with Gasteiger partial charge in [-0.1, -0.05) is 34.8 Å². The van der Waals surface area contributed by atoms with Crippen molar-refractivity contribution in [3.8, 4) is 0 Å². The van der Waals surface area contributed by atoms with Crippen molar-refractivity contribution in [2.24, 2.45) is 0 Å². The van der Waals surface area contributed by atoms with Gasteiger partial charge in [0.2, 0.25) is 0 Å². The summed E-state index contributed by atoms with van der Waals surface area (Å²) >= 11 is 19.4. The van der Waals surface area contributed by atoms with E-state index < -0.39 is 29.4 Å². The summed E-state index contributed by atoms with van der Waals surface area (Å²) in [5.41, 5.74) is -0.498. The maximum Gasteiger partial charge on any atom is 0.289 e. The number of benzene rings is 1. The minimum Gasteiger partial charge on any atom is -0.258 e. The zero-order chi connectivity index (χ0) is 14.1. The van der Waals surface area contributed by atoms with E-state index in [9.17, 15) is 18.5 Å². The topological polar surface area (TPSA) is 77.3 Å². The summed E-state index contributed by atoms with van der Waals surface area (Å²) in [5, 5.41) is 10.5. The summed E-state index contributed by atoms with van der Waals surface area (Å²) in [7, 11) is -3.86. The minimum atomic E-state index is -3.86. The molecule has 5 nitrogen and oxygen atoms in total. The number of halogens is 4. The van der Waals surface area contributed by atoms with Crippen molar-refractivity contribution in [3.63, 3.8) is 0 Å². The first kappa shape index (κ1) is 16.0. The van der Waals surface area contributed by atoms with Gasteiger partial charge in [-0.25, -0.2) is 8.42 Å². The van der Waals surface area contributed by atoms with E-state index in [1.54, 1.807) is 0 Å². The van der Waals surface area contributed by atoms with Gasteiger partial charge in [0, 0.05) is 6.07 Å². The van der Waals surface area contributed by atoms with E-state index in [1.165, 1.54) is 0 Å². The molecule has 1 aromatic rings. The zero-order valence-corrected chi connectivity index (χ0v) is 13.1. The Labute approximate surface area is 126 Å². The first-order valence-corrected chi connectivity index (χ1v) is 7.84. The van der Waals surface area contributed by atoms with Crippen LogP contribution in [0, 0.1) is 10.1 Å². The molecule has 1 rings (SSSR count). The summed E-state index contributed by atoms with van der Waals surface area (Å²) < 4.78 is 22.1. The predicted molar refractivity (Wildman–Crippen MR) is 73.5 cm³/mol. The summed E-state index contributed by atoms with van der Waals surface area (Å²) in [6.07, 6.45) is 0. The fourth-order valence-electron chi connectivity index (χ4n) is 1.12. The highest BCUT2D eigenvalue weighted by molar-refractivity contribution is 9.11. The molecule has 0 bridgehead atoms. The molecule has 0 amide bonds. The van der Waals surface area contributed by atoms with E-state index in [0.717, 1.165) is 18.2 Å². The van der Waals surface area contributed by atoms with Gasteiger partial charge in [0.1, 0.15) is 5.02 Å². The van der Waals surface area contributed by atoms with Gasteiger partial charge in [0.25, 0.3) is 5.69 Å². The molecule has 0 aliphatic rings. The Morgan fingerprint density at radius 1 is 1.39 bits per heavy atom. The van der Waals surface area contributed by atoms with E-state index >= 15 is 0 Å². The molecule has 0 spiro atoms. The van der Waals surface area contributed by atoms with Crippen molar-refractivity contribution < 1.29 is 13.3 Å². The number of sulfone groups is 1. The molecule has 0 heterocycles. The van der Waals surface area contributed by atoms with Crippen molar-refractivity contribution in [2.45, 2.75) is 8.14 Å². The van der Waals surface area contributed by atoms with Gasteiger partial charge in [0.15, 0.2) is 13.1 Å². The molecular weight excluding hydrogens is 392 g/mol. The molecule has 10 heteroatoms. The minimum absolute atomic E-state index is 0.152. The van der Waals surface area contributed by atoms with Crippen LogP contribution in [0.1, 0.15) is 0 Å². The number of nitro benzene ring substituents is 1. The first-order valence-electron chi connectivity index (χ1n) is 4.26. The Balaban J connectivity index is 3.27. The van der Waals surface area contributed by atoms with Crippen molar-refractivity contribution in [2.75, 3.05) is 5.75 Å². The standard InChI is InChI=1S/C8H5BrCl3NO4S/c9-8(11,12)4-18(16,17)5-1-2-6(10)7(3-5)13(14)15/h1-3H,4H2. The van der Waals surface area contributed by atoms with E-state index in [-0.39, 0.29) is 9.92 Å². The lowest BCUT2D eigenvalue weighted by Crippen LogP contribution is -2.19. The molecule has 100 valence electrons. The summed E-state index contributed by atoms with van der Waals surface area (Å²) in [6.45, 7) is 0. The van der Waals surface area contributed by atoms with Gasteiger partial charge >= 0.3 is 0 Å². The third-order valence-electron chi connectivity index (χ3n) is 1.83. The molecule has 0 radical (unpaired) electrons. The van der Waals surface area contributed by atoms with Gasteiger partial charge in [-0.3, -0.25) is 10.1 Å². The van der Waals surface area contributed by atoms with E-state index in [4.69, 9.17) is 34.8 Å². The summed E-state index contributed by atoms with van der Waals surface area (Å²) in [4.78, 5) is 9.60. The van der Waals surface area contributed by atoms with E-state index in [1.807, 2.05) is 0 Å². The monoisotopic (exact) mass is 395 g/mol. The van der Waals surface area contributed by atoms with Crippen LogP contribution in [0.2, 0.25) is 5.02 Å². The normalized spacial score (nSPS) is 12.4. The smallest absolute Gasteiger partial charge is 0.258 e. The zero-order valence-electron chi connectivity index (χ0n) is 8.44. The molecule has 18 heavy (non-hydrogen) atoms. The number of rotatable bonds is 4. The largest absolute Gasteiger partial charge is 0.289 e. The van der Waals surface area contributed by atoms with Crippen LogP contribution in [0.4, 0.5) is 5.69 Å². The first-order chi connectivity index (χ1) is 8.03. The van der Waals surface area contributed by atoms with E-state index in [2.05, 4.69) is 15.9 Å². The van der Waals surface area contributed by atoms with Crippen molar-refractivity contribution in [1.29, 1.82) is 0 Å². The molecule has 0 fully saturated rings. The third kappa shape index (κ3) is 4.24. The summed E-state index contributed by atoms with van der Waals surface area (Å²) in [6, 6.07) is 3.15. The molecule has 0 aliphatic heterocycles. The number of alkyl halides is 3. The molecule has 0 aromatic heterocycles. The van der Waals surface area contributed by atoms with Crippen LogP contribution in [0.15, 0.2) is 23.1 Å². The van der Waals surface area contributed by atoms with Gasteiger partial charge in [-0.05, 0) is 28.1 Å². The van der Waals surface area contributed by atoms with Crippen LogP contribution in [0.25, 0.3) is 0 Å². The average Bonchev–Trinajstić information content (AvgIpc) is 2.13. The highest BCUT2D eigenvalue weighted by Crippen LogP contribution is 2.34. The molecule has 0 aliphatic carbocycles. The lowest BCUT2D eigenvalue weighted by Gasteiger charge is -2.11. The Kier molecular flexibility index (Phi) is 4.88. The van der Waals surface area contributed by atoms with Gasteiger partial charge in [-0.2, -0.15) is 0 Å². The Hall–Kier alpha value is -0.0800.